The van der Waals surface area contributed by atoms with E-state index in [1.807, 2.05) is 6.07 Å². The van der Waals surface area contributed by atoms with Crippen LogP contribution in [-0.2, 0) is 11.3 Å². The molecule has 0 aliphatic carbocycles. The fraction of sp³-hybridized carbons (Fsp3) is 0.455. The molecule has 2 aliphatic rings. The summed E-state index contributed by atoms with van der Waals surface area (Å²) in [6.45, 7) is 1.62. The molecule has 2 atom stereocenters. The van der Waals surface area contributed by atoms with Gasteiger partial charge in [-0.15, -0.1) is 0 Å². The van der Waals surface area contributed by atoms with E-state index in [4.69, 9.17) is 4.74 Å². The third-order valence-corrected chi connectivity index (χ3v) is 3.06. The van der Waals surface area contributed by atoms with Gasteiger partial charge in [0.1, 0.15) is 5.82 Å². The van der Waals surface area contributed by atoms with Crippen molar-refractivity contribution >= 4 is 0 Å². The lowest BCUT2D eigenvalue weighted by Gasteiger charge is -2.32. The van der Waals surface area contributed by atoms with Crippen LogP contribution in [-0.4, -0.2) is 12.6 Å². The summed E-state index contributed by atoms with van der Waals surface area (Å²) in [6.07, 6.45) is 1.29. The first-order chi connectivity index (χ1) is 6.84. The molecule has 0 unspecified atom stereocenters. The van der Waals surface area contributed by atoms with Gasteiger partial charge in [0, 0.05) is 6.04 Å². The van der Waals surface area contributed by atoms with Gasteiger partial charge in [-0.1, -0.05) is 6.07 Å². The van der Waals surface area contributed by atoms with Gasteiger partial charge in [-0.2, -0.15) is 0 Å². The molecule has 0 saturated carbocycles. The summed E-state index contributed by atoms with van der Waals surface area (Å²) in [5.74, 6) is -0.172. The first-order valence-electron chi connectivity index (χ1n) is 4.98. The number of ether oxygens (including phenoxy) is 1. The topological polar surface area (TPSA) is 21.3 Å². The molecule has 0 radical (unpaired) electrons. The lowest BCUT2D eigenvalue weighted by atomic mass is 9.94. The Morgan fingerprint density at radius 1 is 1.43 bits per heavy atom. The maximum atomic E-state index is 12.9. The highest BCUT2D eigenvalue weighted by atomic mass is 19.1. The maximum Gasteiger partial charge on any atom is 0.123 e. The molecule has 1 saturated heterocycles. The number of halogens is 1. The zero-order valence-electron chi connectivity index (χ0n) is 7.79. The van der Waals surface area contributed by atoms with Crippen molar-refractivity contribution in [3.05, 3.63) is 35.1 Å². The number of fused-ring (bicyclic) bond motifs is 1. The van der Waals surface area contributed by atoms with Crippen LogP contribution in [0.5, 0.6) is 0 Å². The molecule has 3 heteroatoms. The predicted molar refractivity (Wildman–Crippen MR) is 50.3 cm³/mol. The highest BCUT2D eigenvalue weighted by Crippen LogP contribution is 2.35. The van der Waals surface area contributed by atoms with E-state index >= 15 is 0 Å². The minimum Gasteiger partial charge on any atom is -0.367 e. The van der Waals surface area contributed by atoms with Gasteiger partial charge < -0.3 is 10.1 Å². The van der Waals surface area contributed by atoms with Crippen LogP contribution in [0.25, 0.3) is 0 Å². The van der Waals surface area contributed by atoms with Gasteiger partial charge in [-0.05, 0) is 36.2 Å². The molecular weight excluding hydrogens is 181 g/mol. The normalized spacial score (nSPS) is 29.8. The smallest absolute Gasteiger partial charge is 0.123 e. The predicted octanol–water partition coefficient (Wildman–Crippen LogP) is 1.76. The van der Waals surface area contributed by atoms with Crippen LogP contribution in [0.4, 0.5) is 4.39 Å². The zero-order valence-corrected chi connectivity index (χ0v) is 7.79. The summed E-state index contributed by atoms with van der Waals surface area (Å²) in [7, 11) is 0. The van der Waals surface area contributed by atoms with Gasteiger partial charge in [0.2, 0.25) is 0 Å². The van der Waals surface area contributed by atoms with Gasteiger partial charge >= 0.3 is 0 Å². The Kier molecular flexibility index (Phi) is 1.82. The van der Waals surface area contributed by atoms with Crippen molar-refractivity contribution in [2.75, 3.05) is 6.54 Å². The molecular formula is C11H12FNO. The minimum absolute atomic E-state index is 0.138. The molecule has 1 fully saturated rings. The Balaban J connectivity index is 1.93. The van der Waals surface area contributed by atoms with Gasteiger partial charge in [-0.3, -0.25) is 0 Å². The van der Waals surface area contributed by atoms with E-state index < -0.39 is 0 Å². The molecule has 2 nitrogen and oxygen atoms in total. The van der Waals surface area contributed by atoms with Gasteiger partial charge in [0.05, 0.1) is 12.7 Å². The van der Waals surface area contributed by atoms with Gasteiger partial charge in [0.15, 0.2) is 0 Å². The van der Waals surface area contributed by atoms with E-state index in [-0.39, 0.29) is 11.9 Å². The standard InChI is InChI=1S/C11H12FNO/c12-8-1-2-9-7(5-8)6-14-11(9)10-3-4-13-10/h1-2,5,10-11,13H,3-4,6H2/t10-,11+/m0/s1. The Morgan fingerprint density at radius 2 is 2.29 bits per heavy atom. The van der Waals surface area contributed by atoms with Crippen LogP contribution in [0.3, 0.4) is 0 Å². The maximum absolute atomic E-state index is 12.9. The Hall–Kier alpha value is -0.930. The average molecular weight is 193 g/mol. The van der Waals surface area contributed by atoms with E-state index in [1.165, 1.54) is 6.07 Å². The van der Waals surface area contributed by atoms with Crippen LogP contribution < -0.4 is 5.32 Å². The van der Waals surface area contributed by atoms with E-state index in [9.17, 15) is 4.39 Å². The Labute approximate surface area is 82.1 Å². The molecule has 0 spiro atoms. The van der Waals surface area contributed by atoms with Crippen LogP contribution >= 0.6 is 0 Å². The van der Waals surface area contributed by atoms with E-state index in [0.717, 1.165) is 24.1 Å². The first kappa shape index (κ1) is 8.38. The van der Waals surface area contributed by atoms with Gasteiger partial charge in [0.25, 0.3) is 0 Å². The molecule has 1 N–H and O–H groups in total. The SMILES string of the molecule is Fc1ccc2c(c1)CO[C@H]2[C@@H]1CCN1. The molecule has 2 heterocycles. The molecule has 3 rings (SSSR count). The highest BCUT2D eigenvalue weighted by Gasteiger charge is 2.33. The third-order valence-electron chi connectivity index (χ3n) is 3.06. The molecule has 74 valence electrons. The second-order valence-electron chi connectivity index (χ2n) is 3.92. The number of hydrogen-bond acceptors (Lipinski definition) is 2. The van der Waals surface area contributed by atoms with Crippen LogP contribution in [0.1, 0.15) is 23.7 Å². The van der Waals surface area contributed by atoms with E-state index in [2.05, 4.69) is 5.32 Å². The summed E-state index contributed by atoms with van der Waals surface area (Å²) in [4.78, 5) is 0. The first-order valence-corrected chi connectivity index (χ1v) is 4.98. The number of nitrogens with one attached hydrogen (secondary N) is 1. The summed E-state index contributed by atoms with van der Waals surface area (Å²) >= 11 is 0. The summed E-state index contributed by atoms with van der Waals surface area (Å²) in [6, 6.07) is 5.37. The summed E-state index contributed by atoms with van der Waals surface area (Å²) in [5, 5.41) is 3.32. The van der Waals surface area contributed by atoms with Crippen molar-refractivity contribution in [1.82, 2.24) is 5.32 Å². The van der Waals surface area contributed by atoms with Crippen LogP contribution in [0.2, 0.25) is 0 Å². The average Bonchev–Trinajstić information content (AvgIpc) is 2.45. The fourth-order valence-corrected chi connectivity index (χ4v) is 2.15. The van der Waals surface area contributed by atoms with Gasteiger partial charge in [-0.25, -0.2) is 4.39 Å². The minimum atomic E-state index is -0.172. The largest absolute Gasteiger partial charge is 0.367 e. The molecule has 1 aromatic carbocycles. The third kappa shape index (κ3) is 1.16. The monoisotopic (exact) mass is 193 g/mol. The molecule has 14 heavy (non-hydrogen) atoms. The lowest BCUT2D eigenvalue weighted by Crippen LogP contribution is -2.46. The summed E-state index contributed by atoms with van der Waals surface area (Å²) < 4.78 is 18.6. The van der Waals surface area contributed by atoms with E-state index in [1.54, 1.807) is 6.07 Å². The van der Waals surface area contributed by atoms with Crippen molar-refractivity contribution in [3.63, 3.8) is 0 Å². The quantitative estimate of drug-likeness (QED) is 0.733. The lowest BCUT2D eigenvalue weighted by molar-refractivity contribution is 0.0193. The fourth-order valence-electron chi connectivity index (χ4n) is 2.15. The van der Waals surface area contributed by atoms with Crippen molar-refractivity contribution in [1.29, 1.82) is 0 Å². The molecule has 1 aromatic rings. The zero-order chi connectivity index (χ0) is 9.54. The highest BCUT2D eigenvalue weighted by molar-refractivity contribution is 5.33. The molecule has 0 amide bonds. The van der Waals surface area contributed by atoms with Crippen molar-refractivity contribution in [2.45, 2.75) is 25.2 Å². The number of benzene rings is 1. The Morgan fingerprint density at radius 3 is 3.00 bits per heavy atom. The van der Waals surface area contributed by atoms with E-state index in [0.29, 0.717) is 12.6 Å². The van der Waals surface area contributed by atoms with Crippen molar-refractivity contribution < 1.29 is 9.13 Å². The second kappa shape index (κ2) is 3.04. The molecule has 0 bridgehead atoms. The molecule has 0 aromatic heterocycles. The van der Waals surface area contributed by atoms with Crippen molar-refractivity contribution in [2.24, 2.45) is 0 Å². The number of rotatable bonds is 1. The number of hydrogen-bond donors (Lipinski definition) is 1. The van der Waals surface area contributed by atoms with Crippen molar-refractivity contribution in [3.8, 4) is 0 Å². The summed E-state index contributed by atoms with van der Waals surface area (Å²) in [5.41, 5.74) is 2.16. The Bertz CT molecular complexity index is 362. The van der Waals surface area contributed by atoms with Crippen LogP contribution in [0, 0.1) is 5.82 Å². The second-order valence-corrected chi connectivity index (χ2v) is 3.92. The molecule has 2 aliphatic heterocycles. The van der Waals surface area contributed by atoms with Crippen LogP contribution in [0.15, 0.2) is 18.2 Å².